The van der Waals surface area contributed by atoms with E-state index in [1.807, 2.05) is 16.5 Å². The summed E-state index contributed by atoms with van der Waals surface area (Å²) in [7, 11) is 0. The van der Waals surface area contributed by atoms with Gasteiger partial charge in [-0.2, -0.15) is 5.10 Å². The van der Waals surface area contributed by atoms with Crippen LogP contribution in [0.4, 0.5) is 4.39 Å². The lowest BCUT2D eigenvalue weighted by Gasteiger charge is -2.16. The van der Waals surface area contributed by atoms with Gasteiger partial charge in [0, 0.05) is 13.1 Å². The fourth-order valence-electron chi connectivity index (χ4n) is 3.36. The van der Waals surface area contributed by atoms with Gasteiger partial charge in [0.15, 0.2) is 0 Å². The van der Waals surface area contributed by atoms with Crippen molar-refractivity contribution in [3.05, 3.63) is 47.0 Å². The van der Waals surface area contributed by atoms with Gasteiger partial charge in [-0.3, -0.25) is 4.79 Å². The summed E-state index contributed by atoms with van der Waals surface area (Å²) in [5, 5.41) is 4.71. The molecule has 0 spiro atoms. The average molecular weight is 329 g/mol. The normalized spacial score (nSPS) is 14.4. The average Bonchev–Trinajstić information content (AvgIpc) is 3.23. The van der Waals surface area contributed by atoms with Gasteiger partial charge in [0.25, 0.3) is 5.91 Å². The maximum atomic E-state index is 13.2. The lowest BCUT2D eigenvalue weighted by Crippen LogP contribution is -2.29. The summed E-state index contributed by atoms with van der Waals surface area (Å²) in [4.78, 5) is 15.0. The molecule has 0 saturated carbocycles. The number of hydrogen-bond acceptors (Lipinski definition) is 2. The second-order valence-corrected chi connectivity index (χ2v) is 6.26. The largest absolute Gasteiger partial charge is 0.339 e. The number of amides is 1. The van der Waals surface area contributed by atoms with E-state index in [1.165, 1.54) is 12.1 Å². The smallest absolute Gasteiger partial charge is 0.257 e. The minimum atomic E-state index is -0.272. The van der Waals surface area contributed by atoms with E-state index in [2.05, 4.69) is 6.92 Å². The molecule has 1 aliphatic heterocycles. The van der Waals surface area contributed by atoms with Crippen LogP contribution < -0.4 is 0 Å². The SMILES string of the molecule is CCCc1nn(-c2ccc(F)cc2)c(CC)c1C(=O)N1CCCC1. The van der Waals surface area contributed by atoms with Crippen LogP contribution >= 0.6 is 0 Å². The number of aromatic nitrogens is 2. The maximum absolute atomic E-state index is 13.2. The van der Waals surface area contributed by atoms with Gasteiger partial charge >= 0.3 is 0 Å². The number of hydrogen-bond donors (Lipinski definition) is 0. The molecule has 0 N–H and O–H groups in total. The van der Waals surface area contributed by atoms with Crippen LogP contribution in [0.1, 0.15) is 54.9 Å². The minimum Gasteiger partial charge on any atom is -0.339 e. The number of benzene rings is 1. The quantitative estimate of drug-likeness (QED) is 0.837. The Morgan fingerprint density at radius 3 is 2.42 bits per heavy atom. The summed E-state index contributed by atoms with van der Waals surface area (Å²) in [5.74, 6) is -0.174. The second kappa shape index (κ2) is 7.16. The van der Waals surface area contributed by atoms with Crippen LogP contribution in [-0.4, -0.2) is 33.7 Å². The Hall–Kier alpha value is -2.17. The van der Waals surface area contributed by atoms with Gasteiger partial charge in [-0.1, -0.05) is 20.3 Å². The van der Waals surface area contributed by atoms with Crippen LogP contribution in [0.2, 0.25) is 0 Å². The molecule has 0 unspecified atom stereocenters. The van der Waals surface area contributed by atoms with Crippen molar-refractivity contribution in [3.8, 4) is 5.69 Å². The Morgan fingerprint density at radius 1 is 1.17 bits per heavy atom. The fourth-order valence-corrected chi connectivity index (χ4v) is 3.36. The van der Waals surface area contributed by atoms with Gasteiger partial charge in [0.1, 0.15) is 5.82 Å². The highest BCUT2D eigenvalue weighted by molar-refractivity contribution is 5.97. The minimum absolute atomic E-state index is 0.0983. The molecule has 1 amide bonds. The van der Waals surface area contributed by atoms with Crippen molar-refractivity contribution in [2.75, 3.05) is 13.1 Å². The first-order chi connectivity index (χ1) is 11.7. The van der Waals surface area contributed by atoms with Crippen LogP contribution in [-0.2, 0) is 12.8 Å². The molecular weight excluding hydrogens is 305 g/mol. The zero-order valence-corrected chi connectivity index (χ0v) is 14.4. The molecule has 2 aromatic rings. The molecule has 1 aromatic carbocycles. The van der Waals surface area contributed by atoms with Crippen molar-refractivity contribution >= 4 is 5.91 Å². The van der Waals surface area contributed by atoms with Crippen molar-refractivity contribution in [2.24, 2.45) is 0 Å². The molecule has 2 heterocycles. The summed E-state index contributed by atoms with van der Waals surface area (Å²) < 4.78 is 15.0. The molecule has 1 fully saturated rings. The van der Waals surface area contributed by atoms with Crippen molar-refractivity contribution in [1.29, 1.82) is 0 Å². The Bertz CT molecular complexity index is 715. The molecule has 128 valence electrons. The van der Waals surface area contributed by atoms with Crippen LogP contribution in [0.25, 0.3) is 5.69 Å². The van der Waals surface area contributed by atoms with E-state index >= 15 is 0 Å². The summed E-state index contributed by atoms with van der Waals surface area (Å²) in [5.41, 5.74) is 3.33. The number of nitrogens with zero attached hydrogens (tertiary/aromatic N) is 3. The molecule has 0 bridgehead atoms. The predicted molar refractivity (Wildman–Crippen MR) is 92.0 cm³/mol. The summed E-state index contributed by atoms with van der Waals surface area (Å²) in [6.45, 7) is 5.78. The first-order valence-electron chi connectivity index (χ1n) is 8.81. The van der Waals surface area contributed by atoms with Gasteiger partial charge in [-0.05, 0) is 49.9 Å². The third-order valence-corrected chi connectivity index (χ3v) is 4.55. The highest BCUT2D eigenvalue weighted by atomic mass is 19.1. The first-order valence-corrected chi connectivity index (χ1v) is 8.81. The Kier molecular flexibility index (Phi) is 4.97. The number of likely N-dealkylation sites (tertiary alicyclic amines) is 1. The standard InChI is InChI=1S/C19H24FN3O/c1-3-7-16-18(19(24)22-12-5-6-13-22)17(4-2)23(21-16)15-10-8-14(20)9-11-15/h8-11H,3-7,12-13H2,1-2H3. The predicted octanol–water partition coefficient (Wildman–Crippen LogP) is 3.76. The van der Waals surface area contributed by atoms with E-state index in [-0.39, 0.29) is 11.7 Å². The molecule has 24 heavy (non-hydrogen) atoms. The number of carbonyl (C=O) groups excluding carboxylic acids is 1. The van der Waals surface area contributed by atoms with E-state index in [4.69, 9.17) is 5.10 Å². The zero-order chi connectivity index (χ0) is 17.1. The molecule has 3 rings (SSSR count). The Morgan fingerprint density at radius 2 is 1.83 bits per heavy atom. The number of carbonyl (C=O) groups is 1. The Labute approximate surface area is 142 Å². The highest BCUT2D eigenvalue weighted by Gasteiger charge is 2.28. The second-order valence-electron chi connectivity index (χ2n) is 6.26. The highest BCUT2D eigenvalue weighted by Crippen LogP contribution is 2.24. The van der Waals surface area contributed by atoms with E-state index in [1.54, 1.807) is 12.1 Å². The van der Waals surface area contributed by atoms with Crippen LogP contribution in [0, 0.1) is 5.82 Å². The van der Waals surface area contributed by atoms with Crippen LogP contribution in [0.3, 0.4) is 0 Å². The van der Waals surface area contributed by atoms with E-state index < -0.39 is 0 Å². The van der Waals surface area contributed by atoms with Gasteiger partial charge in [0.05, 0.1) is 22.6 Å². The lowest BCUT2D eigenvalue weighted by molar-refractivity contribution is 0.0790. The first kappa shape index (κ1) is 16.7. The topological polar surface area (TPSA) is 38.1 Å². The molecule has 0 aliphatic carbocycles. The maximum Gasteiger partial charge on any atom is 0.257 e. The number of halogens is 1. The lowest BCUT2D eigenvalue weighted by atomic mass is 10.1. The fraction of sp³-hybridized carbons (Fsp3) is 0.474. The molecular formula is C19H24FN3O. The molecule has 1 saturated heterocycles. The van der Waals surface area contributed by atoms with Crippen molar-refractivity contribution in [3.63, 3.8) is 0 Å². The third kappa shape index (κ3) is 3.07. The zero-order valence-electron chi connectivity index (χ0n) is 14.4. The van der Waals surface area contributed by atoms with Crippen molar-refractivity contribution in [1.82, 2.24) is 14.7 Å². The Balaban J connectivity index is 2.08. The molecule has 1 aliphatic rings. The van der Waals surface area contributed by atoms with Gasteiger partial charge < -0.3 is 4.90 Å². The van der Waals surface area contributed by atoms with E-state index in [9.17, 15) is 9.18 Å². The van der Waals surface area contributed by atoms with Gasteiger partial charge in [0.2, 0.25) is 0 Å². The summed E-state index contributed by atoms with van der Waals surface area (Å²) in [6, 6.07) is 6.28. The third-order valence-electron chi connectivity index (χ3n) is 4.55. The molecule has 0 atom stereocenters. The summed E-state index contributed by atoms with van der Waals surface area (Å²) in [6.07, 6.45) is 4.56. The van der Waals surface area contributed by atoms with E-state index in [0.29, 0.717) is 6.42 Å². The van der Waals surface area contributed by atoms with Crippen LogP contribution in [0.15, 0.2) is 24.3 Å². The van der Waals surface area contributed by atoms with Crippen molar-refractivity contribution < 1.29 is 9.18 Å². The molecule has 0 radical (unpaired) electrons. The van der Waals surface area contributed by atoms with Crippen molar-refractivity contribution in [2.45, 2.75) is 46.0 Å². The monoisotopic (exact) mass is 329 g/mol. The summed E-state index contributed by atoms with van der Waals surface area (Å²) >= 11 is 0. The van der Waals surface area contributed by atoms with E-state index in [0.717, 1.165) is 61.4 Å². The van der Waals surface area contributed by atoms with Gasteiger partial charge in [-0.25, -0.2) is 9.07 Å². The molecule has 1 aromatic heterocycles. The van der Waals surface area contributed by atoms with Crippen LogP contribution in [0.5, 0.6) is 0 Å². The number of aryl methyl sites for hydroxylation is 1. The molecule has 4 nitrogen and oxygen atoms in total. The van der Waals surface area contributed by atoms with Gasteiger partial charge in [-0.15, -0.1) is 0 Å². The molecule has 5 heteroatoms. The number of rotatable bonds is 5.